The average molecular weight is 396 g/mol. The van der Waals surface area contributed by atoms with Crippen molar-refractivity contribution in [1.29, 1.82) is 0 Å². The van der Waals surface area contributed by atoms with Crippen LogP contribution in [-0.4, -0.2) is 34.9 Å². The SMILES string of the molecule is CC(C)C(C)NC(=O)C1CCN(Cc2ccc(OCc3ccccn3)cc2)CC1. The van der Waals surface area contributed by atoms with Crippen molar-refractivity contribution in [3.05, 3.63) is 59.9 Å². The van der Waals surface area contributed by atoms with Crippen LogP contribution in [0.2, 0.25) is 0 Å². The molecule has 1 fully saturated rings. The van der Waals surface area contributed by atoms with E-state index in [9.17, 15) is 4.79 Å². The fraction of sp³-hybridized carbons (Fsp3) is 0.500. The molecule has 0 spiro atoms. The van der Waals surface area contributed by atoms with Gasteiger partial charge in [0.1, 0.15) is 12.4 Å². The first-order chi connectivity index (χ1) is 14.0. The second-order valence-electron chi connectivity index (χ2n) is 8.35. The lowest BCUT2D eigenvalue weighted by atomic mass is 9.94. The maximum atomic E-state index is 12.4. The molecule has 1 atom stereocenters. The number of nitrogens with one attached hydrogen (secondary N) is 1. The first-order valence-electron chi connectivity index (χ1n) is 10.7. The molecular formula is C24H33N3O2. The Morgan fingerprint density at radius 2 is 1.86 bits per heavy atom. The Kier molecular flexibility index (Phi) is 7.64. The van der Waals surface area contributed by atoms with E-state index in [1.807, 2.05) is 30.3 Å². The van der Waals surface area contributed by atoms with Gasteiger partial charge in [-0.05, 0) is 68.6 Å². The van der Waals surface area contributed by atoms with E-state index in [0.717, 1.165) is 43.9 Å². The number of piperidine rings is 1. The first-order valence-corrected chi connectivity index (χ1v) is 10.7. The quantitative estimate of drug-likeness (QED) is 0.733. The van der Waals surface area contributed by atoms with Gasteiger partial charge in [0.05, 0.1) is 5.69 Å². The van der Waals surface area contributed by atoms with Crippen molar-refractivity contribution in [3.8, 4) is 5.75 Å². The molecular weight excluding hydrogens is 362 g/mol. The van der Waals surface area contributed by atoms with Gasteiger partial charge in [-0.2, -0.15) is 0 Å². The predicted octanol–water partition coefficient (Wildman–Crippen LogP) is 4.03. The fourth-order valence-electron chi connectivity index (χ4n) is 3.45. The highest BCUT2D eigenvalue weighted by molar-refractivity contribution is 5.79. The lowest BCUT2D eigenvalue weighted by Gasteiger charge is -2.32. The minimum Gasteiger partial charge on any atom is -0.487 e. The van der Waals surface area contributed by atoms with E-state index in [4.69, 9.17) is 4.74 Å². The van der Waals surface area contributed by atoms with Gasteiger partial charge in [-0.1, -0.05) is 32.0 Å². The van der Waals surface area contributed by atoms with Gasteiger partial charge in [0.15, 0.2) is 0 Å². The van der Waals surface area contributed by atoms with Crippen LogP contribution in [0.15, 0.2) is 48.7 Å². The molecule has 5 heteroatoms. The van der Waals surface area contributed by atoms with Gasteiger partial charge in [0.25, 0.3) is 0 Å². The van der Waals surface area contributed by atoms with Gasteiger partial charge in [-0.3, -0.25) is 14.7 Å². The van der Waals surface area contributed by atoms with Crippen molar-refractivity contribution >= 4 is 5.91 Å². The van der Waals surface area contributed by atoms with Gasteiger partial charge >= 0.3 is 0 Å². The summed E-state index contributed by atoms with van der Waals surface area (Å²) in [4.78, 5) is 19.1. The topological polar surface area (TPSA) is 54.5 Å². The molecule has 0 aliphatic carbocycles. The van der Waals surface area contributed by atoms with Gasteiger partial charge in [0.2, 0.25) is 5.91 Å². The summed E-state index contributed by atoms with van der Waals surface area (Å²) in [7, 11) is 0. The minimum atomic E-state index is 0.148. The molecule has 2 heterocycles. The highest BCUT2D eigenvalue weighted by atomic mass is 16.5. The molecule has 29 heavy (non-hydrogen) atoms. The molecule has 2 aromatic rings. The number of aromatic nitrogens is 1. The van der Waals surface area contributed by atoms with Gasteiger partial charge in [-0.25, -0.2) is 0 Å². The molecule has 1 aliphatic heterocycles. The first kappa shape index (κ1) is 21.3. The maximum absolute atomic E-state index is 12.4. The molecule has 1 aromatic carbocycles. The summed E-state index contributed by atoms with van der Waals surface area (Å²) >= 11 is 0. The van der Waals surface area contributed by atoms with Crippen molar-refractivity contribution in [2.24, 2.45) is 11.8 Å². The Balaban J connectivity index is 1.41. The molecule has 1 N–H and O–H groups in total. The number of benzene rings is 1. The van der Waals surface area contributed by atoms with E-state index in [1.165, 1.54) is 5.56 Å². The summed E-state index contributed by atoms with van der Waals surface area (Å²) < 4.78 is 5.81. The molecule has 0 radical (unpaired) electrons. The Bertz CT molecular complexity index is 753. The van der Waals surface area contributed by atoms with Crippen molar-refractivity contribution in [3.63, 3.8) is 0 Å². The van der Waals surface area contributed by atoms with Crippen LogP contribution in [0.3, 0.4) is 0 Å². The van der Waals surface area contributed by atoms with E-state index < -0.39 is 0 Å². The van der Waals surface area contributed by atoms with E-state index in [0.29, 0.717) is 12.5 Å². The van der Waals surface area contributed by atoms with E-state index >= 15 is 0 Å². The Morgan fingerprint density at radius 1 is 1.14 bits per heavy atom. The van der Waals surface area contributed by atoms with Crippen LogP contribution >= 0.6 is 0 Å². The number of pyridine rings is 1. The molecule has 3 rings (SSSR count). The van der Waals surface area contributed by atoms with Crippen molar-refractivity contribution in [2.45, 2.75) is 52.8 Å². The van der Waals surface area contributed by atoms with Crippen LogP contribution in [0.5, 0.6) is 5.75 Å². The summed E-state index contributed by atoms with van der Waals surface area (Å²) in [5.74, 6) is 1.69. The number of hydrogen-bond donors (Lipinski definition) is 1. The third-order valence-electron chi connectivity index (χ3n) is 5.77. The maximum Gasteiger partial charge on any atom is 0.223 e. The number of carbonyl (C=O) groups excluding carboxylic acids is 1. The number of hydrogen-bond acceptors (Lipinski definition) is 4. The molecule has 1 amide bonds. The summed E-state index contributed by atoms with van der Waals surface area (Å²) in [6.07, 6.45) is 3.64. The van der Waals surface area contributed by atoms with Crippen LogP contribution in [0.4, 0.5) is 0 Å². The summed E-state index contributed by atoms with van der Waals surface area (Å²) in [6.45, 7) is 9.69. The zero-order valence-electron chi connectivity index (χ0n) is 17.8. The van der Waals surface area contributed by atoms with Crippen LogP contribution in [0, 0.1) is 11.8 Å². The number of carbonyl (C=O) groups is 1. The Hall–Kier alpha value is -2.40. The van der Waals surface area contributed by atoms with E-state index in [-0.39, 0.29) is 17.9 Å². The normalized spacial score (nSPS) is 16.6. The predicted molar refractivity (Wildman–Crippen MR) is 115 cm³/mol. The molecule has 5 nitrogen and oxygen atoms in total. The van der Waals surface area contributed by atoms with Crippen molar-refractivity contribution < 1.29 is 9.53 Å². The Labute approximate surface area is 174 Å². The lowest BCUT2D eigenvalue weighted by molar-refractivity contribution is -0.127. The standard InChI is InChI=1S/C24H33N3O2/c1-18(2)19(3)26-24(28)21-11-14-27(15-12-21)16-20-7-9-23(10-8-20)29-17-22-6-4-5-13-25-22/h4-10,13,18-19,21H,11-12,14-17H2,1-3H3,(H,26,28). The number of nitrogens with zero attached hydrogens (tertiary/aromatic N) is 2. The number of ether oxygens (including phenoxy) is 1. The molecule has 1 unspecified atom stereocenters. The third-order valence-corrected chi connectivity index (χ3v) is 5.77. The minimum absolute atomic E-state index is 0.148. The number of likely N-dealkylation sites (tertiary alicyclic amines) is 1. The van der Waals surface area contributed by atoms with Crippen molar-refractivity contribution in [2.75, 3.05) is 13.1 Å². The highest BCUT2D eigenvalue weighted by Crippen LogP contribution is 2.21. The van der Waals surface area contributed by atoms with Crippen LogP contribution < -0.4 is 10.1 Å². The molecule has 0 saturated carbocycles. The molecule has 156 valence electrons. The fourth-order valence-corrected chi connectivity index (χ4v) is 3.45. The zero-order chi connectivity index (χ0) is 20.6. The number of rotatable bonds is 8. The molecule has 1 aromatic heterocycles. The third kappa shape index (κ3) is 6.57. The van der Waals surface area contributed by atoms with E-state index in [2.05, 4.69) is 48.1 Å². The van der Waals surface area contributed by atoms with Gasteiger partial charge in [0, 0.05) is 24.7 Å². The summed E-state index contributed by atoms with van der Waals surface area (Å²) in [5, 5.41) is 3.17. The molecule has 1 aliphatic rings. The molecule has 0 bridgehead atoms. The largest absolute Gasteiger partial charge is 0.487 e. The van der Waals surface area contributed by atoms with Crippen LogP contribution in [-0.2, 0) is 17.9 Å². The molecule has 1 saturated heterocycles. The van der Waals surface area contributed by atoms with Crippen LogP contribution in [0.25, 0.3) is 0 Å². The lowest BCUT2D eigenvalue weighted by Crippen LogP contribution is -2.44. The van der Waals surface area contributed by atoms with Gasteiger partial charge < -0.3 is 10.1 Å². The second-order valence-corrected chi connectivity index (χ2v) is 8.35. The Morgan fingerprint density at radius 3 is 2.48 bits per heavy atom. The van der Waals surface area contributed by atoms with Crippen molar-refractivity contribution in [1.82, 2.24) is 15.2 Å². The van der Waals surface area contributed by atoms with Crippen LogP contribution in [0.1, 0.15) is 44.9 Å². The second kappa shape index (κ2) is 10.4. The summed E-state index contributed by atoms with van der Waals surface area (Å²) in [6, 6.07) is 14.3. The smallest absolute Gasteiger partial charge is 0.223 e. The zero-order valence-corrected chi connectivity index (χ0v) is 17.8. The summed E-state index contributed by atoms with van der Waals surface area (Å²) in [5.41, 5.74) is 2.19. The number of amides is 1. The van der Waals surface area contributed by atoms with E-state index in [1.54, 1.807) is 6.20 Å². The average Bonchev–Trinajstić information content (AvgIpc) is 2.74. The monoisotopic (exact) mass is 395 g/mol. The highest BCUT2D eigenvalue weighted by Gasteiger charge is 2.26. The van der Waals surface area contributed by atoms with Gasteiger partial charge in [-0.15, -0.1) is 0 Å².